The molecule has 0 aliphatic carbocycles. The molecule has 0 fully saturated rings. The summed E-state index contributed by atoms with van der Waals surface area (Å²) in [6.45, 7) is 0.579. The van der Waals surface area contributed by atoms with Gasteiger partial charge in [-0.05, 0) is 24.6 Å². The molecule has 0 spiro atoms. The Morgan fingerprint density at radius 2 is 2.31 bits per heavy atom. The number of hydrogen-bond donors (Lipinski definition) is 2. The fourth-order valence-corrected chi connectivity index (χ4v) is 1.39. The topological polar surface area (TPSA) is 64.3 Å². The molecule has 1 rings (SSSR count). The summed E-state index contributed by atoms with van der Waals surface area (Å²) in [5.41, 5.74) is 6.71. The van der Waals surface area contributed by atoms with E-state index < -0.39 is 0 Å². The smallest absolute Gasteiger partial charge is 0.224 e. The third kappa shape index (κ3) is 4.08. The number of anilines is 2. The van der Waals surface area contributed by atoms with E-state index >= 15 is 0 Å². The Balaban J connectivity index is 2.46. The number of nitrogens with two attached hydrogens (primary N) is 1. The number of nitrogen functional groups attached to an aromatic ring is 1. The van der Waals surface area contributed by atoms with Crippen molar-refractivity contribution < 1.29 is 9.53 Å². The lowest BCUT2D eigenvalue weighted by Gasteiger charge is -2.06. The minimum Gasteiger partial charge on any atom is -0.398 e. The first-order valence-corrected chi connectivity index (χ1v) is 5.35. The molecule has 0 unspecified atom stereocenters. The summed E-state index contributed by atoms with van der Waals surface area (Å²) in [4.78, 5) is 11.4. The molecule has 4 nitrogen and oxygen atoms in total. The Kier molecular flexibility index (Phi) is 5.08. The van der Waals surface area contributed by atoms with Crippen molar-refractivity contribution in [1.82, 2.24) is 0 Å². The number of nitrogens with one attached hydrogen (secondary N) is 1. The number of hydrogen-bond acceptors (Lipinski definition) is 3. The van der Waals surface area contributed by atoms with E-state index in [1.54, 1.807) is 25.3 Å². The van der Waals surface area contributed by atoms with Crippen LogP contribution in [0.3, 0.4) is 0 Å². The highest BCUT2D eigenvalue weighted by molar-refractivity contribution is 6.33. The molecule has 0 heterocycles. The van der Waals surface area contributed by atoms with E-state index in [2.05, 4.69) is 5.32 Å². The van der Waals surface area contributed by atoms with Crippen LogP contribution in [0.15, 0.2) is 18.2 Å². The third-order valence-corrected chi connectivity index (χ3v) is 2.36. The van der Waals surface area contributed by atoms with Gasteiger partial charge in [-0.3, -0.25) is 4.79 Å². The van der Waals surface area contributed by atoms with E-state index in [9.17, 15) is 4.79 Å². The monoisotopic (exact) mass is 242 g/mol. The Morgan fingerprint density at radius 1 is 1.56 bits per heavy atom. The van der Waals surface area contributed by atoms with E-state index in [0.717, 1.165) is 0 Å². The fourth-order valence-electron chi connectivity index (χ4n) is 1.21. The van der Waals surface area contributed by atoms with E-state index in [1.165, 1.54) is 0 Å². The minimum absolute atomic E-state index is 0.0575. The molecule has 0 atom stereocenters. The summed E-state index contributed by atoms with van der Waals surface area (Å²) in [5.74, 6) is -0.0575. The highest BCUT2D eigenvalue weighted by atomic mass is 35.5. The molecule has 1 aromatic carbocycles. The van der Waals surface area contributed by atoms with Gasteiger partial charge in [0.1, 0.15) is 0 Å². The highest BCUT2D eigenvalue weighted by Gasteiger charge is 2.03. The Hall–Kier alpha value is -1.26. The predicted molar refractivity (Wildman–Crippen MR) is 65.6 cm³/mol. The molecule has 88 valence electrons. The molecule has 0 bridgehead atoms. The number of rotatable bonds is 5. The maximum Gasteiger partial charge on any atom is 0.224 e. The summed E-state index contributed by atoms with van der Waals surface area (Å²) < 4.78 is 4.86. The Labute approximate surface area is 99.7 Å². The zero-order valence-corrected chi connectivity index (χ0v) is 9.88. The van der Waals surface area contributed by atoms with Crippen molar-refractivity contribution in [2.24, 2.45) is 0 Å². The molecule has 0 aliphatic rings. The van der Waals surface area contributed by atoms with Crippen molar-refractivity contribution in [2.45, 2.75) is 12.8 Å². The molecule has 1 amide bonds. The van der Waals surface area contributed by atoms with Crippen molar-refractivity contribution in [3.8, 4) is 0 Å². The summed E-state index contributed by atoms with van der Waals surface area (Å²) in [5, 5.41) is 3.17. The van der Waals surface area contributed by atoms with Crippen LogP contribution in [0.25, 0.3) is 0 Å². The zero-order chi connectivity index (χ0) is 12.0. The molecule has 1 aromatic rings. The number of halogens is 1. The van der Waals surface area contributed by atoms with E-state index in [-0.39, 0.29) is 5.91 Å². The summed E-state index contributed by atoms with van der Waals surface area (Å²) in [6, 6.07) is 5.01. The lowest BCUT2D eigenvalue weighted by molar-refractivity contribution is -0.116. The van der Waals surface area contributed by atoms with Gasteiger partial charge in [0.15, 0.2) is 0 Å². The number of ether oxygens (including phenoxy) is 1. The van der Waals surface area contributed by atoms with Gasteiger partial charge in [0.2, 0.25) is 5.91 Å². The average Bonchev–Trinajstić information content (AvgIpc) is 2.24. The van der Waals surface area contributed by atoms with Crippen LogP contribution in [0.5, 0.6) is 0 Å². The molecular weight excluding hydrogens is 228 g/mol. The van der Waals surface area contributed by atoms with Crippen molar-refractivity contribution in [1.29, 1.82) is 0 Å². The maximum atomic E-state index is 11.4. The van der Waals surface area contributed by atoms with Crippen LogP contribution in [-0.4, -0.2) is 19.6 Å². The van der Waals surface area contributed by atoms with E-state index in [4.69, 9.17) is 22.1 Å². The van der Waals surface area contributed by atoms with Crippen molar-refractivity contribution >= 4 is 28.9 Å². The van der Waals surface area contributed by atoms with Crippen LogP contribution >= 0.6 is 11.6 Å². The SMILES string of the molecule is COCCCC(=O)Nc1ccc(N)c(Cl)c1. The van der Waals surface area contributed by atoms with Crippen LogP contribution in [0.4, 0.5) is 11.4 Å². The quantitative estimate of drug-likeness (QED) is 0.615. The van der Waals surface area contributed by atoms with Crippen LogP contribution in [0, 0.1) is 0 Å². The molecule has 0 saturated carbocycles. The minimum atomic E-state index is -0.0575. The van der Waals surface area contributed by atoms with Gasteiger partial charge in [0.25, 0.3) is 0 Å². The number of carbonyl (C=O) groups excluding carboxylic acids is 1. The predicted octanol–water partition coefficient (Wildman–Crippen LogP) is 2.29. The number of carbonyl (C=O) groups is 1. The van der Waals surface area contributed by atoms with E-state index in [1.807, 2.05) is 0 Å². The Morgan fingerprint density at radius 3 is 2.94 bits per heavy atom. The van der Waals surface area contributed by atoms with Crippen LogP contribution in [0.1, 0.15) is 12.8 Å². The van der Waals surface area contributed by atoms with Crippen molar-refractivity contribution in [2.75, 3.05) is 24.8 Å². The fraction of sp³-hybridized carbons (Fsp3) is 0.364. The van der Waals surface area contributed by atoms with Gasteiger partial charge in [-0.25, -0.2) is 0 Å². The second-order valence-electron chi connectivity index (χ2n) is 3.38. The van der Waals surface area contributed by atoms with Gasteiger partial charge in [-0.1, -0.05) is 11.6 Å². The molecule has 0 aromatic heterocycles. The molecule has 16 heavy (non-hydrogen) atoms. The maximum absolute atomic E-state index is 11.4. The number of amides is 1. The first-order valence-electron chi connectivity index (χ1n) is 4.97. The largest absolute Gasteiger partial charge is 0.398 e. The van der Waals surface area contributed by atoms with Crippen LogP contribution in [0.2, 0.25) is 5.02 Å². The molecule has 3 N–H and O–H groups in total. The normalized spacial score (nSPS) is 10.1. The Bertz CT molecular complexity index is 369. The highest BCUT2D eigenvalue weighted by Crippen LogP contribution is 2.22. The van der Waals surface area contributed by atoms with Gasteiger partial charge < -0.3 is 15.8 Å². The summed E-state index contributed by atoms with van der Waals surface area (Å²) in [7, 11) is 1.61. The van der Waals surface area contributed by atoms with Gasteiger partial charge in [-0.15, -0.1) is 0 Å². The zero-order valence-electron chi connectivity index (χ0n) is 9.13. The van der Waals surface area contributed by atoms with Crippen LogP contribution < -0.4 is 11.1 Å². The second kappa shape index (κ2) is 6.35. The molecule has 0 saturated heterocycles. The summed E-state index contributed by atoms with van der Waals surface area (Å²) in [6.07, 6.45) is 1.13. The number of methoxy groups -OCH3 is 1. The standard InChI is InChI=1S/C11H15ClN2O2/c1-16-6-2-3-11(15)14-8-4-5-10(13)9(12)7-8/h4-5,7H,2-3,6,13H2,1H3,(H,14,15). The lowest BCUT2D eigenvalue weighted by Crippen LogP contribution is -2.12. The van der Waals surface area contributed by atoms with Crippen LogP contribution in [-0.2, 0) is 9.53 Å². The summed E-state index contributed by atoms with van der Waals surface area (Å²) >= 11 is 5.83. The number of benzene rings is 1. The molecule has 5 heteroatoms. The molecule has 0 aliphatic heterocycles. The van der Waals surface area contributed by atoms with Gasteiger partial charge in [-0.2, -0.15) is 0 Å². The van der Waals surface area contributed by atoms with E-state index in [0.29, 0.717) is 35.8 Å². The van der Waals surface area contributed by atoms with Gasteiger partial charge in [0, 0.05) is 25.8 Å². The molecular formula is C11H15ClN2O2. The first-order chi connectivity index (χ1) is 7.63. The third-order valence-electron chi connectivity index (χ3n) is 2.04. The second-order valence-corrected chi connectivity index (χ2v) is 3.79. The van der Waals surface area contributed by atoms with Gasteiger partial charge >= 0.3 is 0 Å². The van der Waals surface area contributed by atoms with Crippen molar-refractivity contribution in [3.63, 3.8) is 0 Å². The molecule has 0 radical (unpaired) electrons. The van der Waals surface area contributed by atoms with Gasteiger partial charge in [0.05, 0.1) is 10.7 Å². The lowest BCUT2D eigenvalue weighted by atomic mass is 10.2. The first kappa shape index (κ1) is 12.8. The average molecular weight is 243 g/mol. The van der Waals surface area contributed by atoms with Crippen molar-refractivity contribution in [3.05, 3.63) is 23.2 Å².